The van der Waals surface area contributed by atoms with E-state index in [0.29, 0.717) is 15.7 Å². The van der Waals surface area contributed by atoms with Gasteiger partial charge in [0, 0.05) is 35.4 Å². The van der Waals surface area contributed by atoms with Crippen molar-refractivity contribution in [2.45, 2.75) is 18.9 Å². The summed E-state index contributed by atoms with van der Waals surface area (Å²) in [5.41, 5.74) is 0.609. The quantitative estimate of drug-likeness (QED) is 0.881. The van der Waals surface area contributed by atoms with Crippen molar-refractivity contribution in [1.82, 2.24) is 10.2 Å². The van der Waals surface area contributed by atoms with Crippen LogP contribution in [-0.2, 0) is 0 Å². The second-order valence-electron chi connectivity index (χ2n) is 4.70. The molecule has 1 fully saturated rings. The number of likely N-dealkylation sites (N-methyl/N-ethyl adjacent to an activating group) is 1. The number of amides is 2. The normalized spacial score (nSPS) is 19.0. The molecule has 2 rings (SSSR count). The Hall–Kier alpha value is -0.970. The smallest absolute Gasteiger partial charge is 0.321 e. The van der Waals surface area contributed by atoms with Gasteiger partial charge in [-0.3, -0.25) is 0 Å². The van der Waals surface area contributed by atoms with Gasteiger partial charge in [0.2, 0.25) is 0 Å². The summed E-state index contributed by atoms with van der Waals surface area (Å²) in [6, 6.07) is 5.07. The predicted octanol–water partition coefficient (Wildman–Crippen LogP) is 3.21. The topological polar surface area (TPSA) is 44.4 Å². The number of urea groups is 1. The van der Waals surface area contributed by atoms with E-state index >= 15 is 0 Å². The third-order valence-electron chi connectivity index (χ3n) is 3.25. The lowest BCUT2D eigenvalue weighted by atomic mass is 10.1. The molecule has 4 nitrogen and oxygen atoms in total. The molecule has 0 aliphatic carbocycles. The molecule has 0 radical (unpaired) electrons. The molecule has 1 saturated heterocycles. The average Bonchev–Trinajstić information content (AvgIpc) is 2.37. The van der Waals surface area contributed by atoms with Gasteiger partial charge in [-0.25, -0.2) is 4.79 Å². The Balaban J connectivity index is 1.99. The Morgan fingerprint density at radius 2 is 2.05 bits per heavy atom. The Bertz CT molecular complexity index is 441. The number of piperidine rings is 1. The first kappa shape index (κ1) is 14.4. The van der Waals surface area contributed by atoms with E-state index in [-0.39, 0.29) is 12.1 Å². The van der Waals surface area contributed by atoms with Crippen LogP contribution in [-0.4, -0.2) is 37.1 Å². The van der Waals surface area contributed by atoms with Crippen LogP contribution in [0.5, 0.6) is 0 Å². The molecule has 1 heterocycles. The van der Waals surface area contributed by atoms with Crippen molar-refractivity contribution in [1.29, 1.82) is 0 Å². The summed E-state index contributed by atoms with van der Waals surface area (Å²) in [7, 11) is 1.80. The second-order valence-corrected chi connectivity index (χ2v) is 5.57. The summed E-state index contributed by atoms with van der Waals surface area (Å²) in [6.07, 6.45) is 2.11. The van der Waals surface area contributed by atoms with Crippen LogP contribution < -0.4 is 10.6 Å². The number of nitrogens with one attached hydrogen (secondary N) is 2. The molecule has 1 aliphatic rings. The van der Waals surface area contributed by atoms with E-state index in [9.17, 15) is 4.79 Å². The highest BCUT2D eigenvalue weighted by molar-refractivity contribution is 6.35. The molecule has 6 heteroatoms. The number of hydrogen-bond donors (Lipinski definition) is 2. The van der Waals surface area contributed by atoms with Gasteiger partial charge < -0.3 is 15.5 Å². The lowest BCUT2D eigenvalue weighted by molar-refractivity contribution is 0.191. The molecule has 1 unspecified atom stereocenters. The Labute approximate surface area is 123 Å². The van der Waals surface area contributed by atoms with Crippen LogP contribution >= 0.6 is 23.2 Å². The highest BCUT2D eigenvalue weighted by Gasteiger charge is 2.21. The van der Waals surface area contributed by atoms with Crippen LogP contribution in [0.1, 0.15) is 12.8 Å². The van der Waals surface area contributed by atoms with E-state index in [1.165, 1.54) is 0 Å². The summed E-state index contributed by atoms with van der Waals surface area (Å²) >= 11 is 11.8. The third-order valence-corrected chi connectivity index (χ3v) is 3.69. The standard InChI is InChI=1S/C13H17Cl2N3O/c1-18(12-3-2-4-16-8-12)13(19)17-11-6-9(14)5-10(15)7-11/h5-7,12,16H,2-4,8H2,1H3,(H,17,19). The maximum atomic E-state index is 12.1. The van der Waals surface area contributed by atoms with Crippen molar-refractivity contribution < 1.29 is 4.79 Å². The minimum Gasteiger partial charge on any atom is -0.323 e. The molecule has 2 amide bonds. The number of nitrogens with zero attached hydrogens (tertiary/aromatic N) is 1. The highest BCUT2D eigenvalue weighted by Crippen LogP contribution is 2.23. The van der Waals surface area contributed by atoms with E-state index in [2.05, 4.69) is 10.6 Å². The summed E-state index contributed by atoms with van der Waals surface area (Å²) in [4.78, 5) is 13.9. The maximum Gasteiger partial charge on any atom is 0.321 e. The summed E-state index contributed by atoms with van der Waals surface area (Å²) in [5.74, 6) is 0. The first-order chi connectivity index (χ1) is 9.06. The number of rotatable bonds is 2. The number of carbonyl (C=O) groups is 1. The summed E-state index contributed by atoms with van der Waals surface area (Å²) in [5, 5.41) is 7.11. The van der Waals surface area contributed by atoms with Gasteiger partial charge >= 0.3 is 6.03 Å². The van der Waals surface area contributed by atoms with Crippen molar-refractivity contribution in [2.75, 3.05) is 25.5 Å². The number of hydrogen-bond acceptors (Lipinski definition) is 2. The molecule has 0 spiro atoms. The second kappa shape index (κ2) is 6.46. The molecule has 1 aromatic rings. The molecule has 0 bridgehead atoms. The third kappa shape index (κ3) is 4.00. The van der Waals surface area contributed by atoms with Gasteiger partial charge in [0.25, 0.3) is 0 Å². The van der Waals surface area contributed by atoms with Crippen molar-refractivity contribution >= 4 is 34.9 Å². The van der Waals surface area contributed by atoms with Crippen molar-refractivity contribution in [3.63, 3.8) is 0 Å². The molecule has 1 aliphatic heterocycles. The van der Waals surface area contributed by atoms with E-state index < -0.39 is 0 Å². The first-order valence-electron chi connectivity index (χ1n) is 6.27. The Kier molecular flexibility index (Phi) is 4.91. The van der Waals surface area contributed by atoms with Crippen LogP contribution in [0.4, 0.5) is 10.5 Å². The van der Waals surface area contributed by atoms with E-state index in [0.717, 1.165) is 25.9 Å². The van der Waals surface area contributed by atoms with Crippen LogP contribution in [0, 0.1) is 0 Å². The van der Waals surface area contributed by atoms with E-state index in [4.69, 9.17) is 23.2 Å². The monoisotopic (exact) mass is 301 g/mol. The highest BCUT2D eigenvalue weighted by atomic mass is 35.5. The number of carbonyl (C=O) groups excluding carboxylic acids is 1. The molecule has 104 valence electrons. The minimum absolute atomic E-state index is 0.146. The lowest BCUT2D eigenvalue weighted by Crippen LogP contribution is -2.48. The van der Waals surface area contributed by atoms with Crippen LogP contribution in [0.15, 0.2) is 18.2 Å². The number of anilines is 1. The summed E-state index contributed by atoms with van der Waals surface area (Å²) < 4.78 is 0. The van der Waals surface area contributed by atoms with Gasteiger partial charge in [0.05, 0.1) is 0 Å². The molecule has 19 heavy (non-hydrogen) atoms. The molecule has 2 N–H and O–H groups in total. The lowest BCUT2D eigenvalue weighted by Gasteiger charge is -2.31. The summed E-state index contributed by atoms with van der Waals surface area (Å²) in [6.45, 7) is 1.86. The fourth-order valence-corrected chi connectivity index (χ4v) is 2.69. The largest absolute Gasteiger partial charge is 0.323 e. The van der Waals surface area contributed by atoms with Crippen molar-refractivity contribution in [2.24, 2.45) is 0 Å². The van der Waals surface area contributed by atoms with Gasteiger partial charge in [0.15, 0.2) is 0 Å². The maximum absolute atomic E-state index is 12.1. The minimum atomic E-state index is -0.146. The van der Waals surface area contributed by atoms with Gasteiger partial charge in [-0.2, -0.15) is 0 Å². The molecular weight excluding hydrogens is 285 g/mol. The molecular formula is C13H17Cl2N3O. The van der Waals surface area contributed by atoms with Crippen molar-refractivity contribution in [3.8, 4) is 0 Å². The van der Waals surface area contributed by atoms with Crippen LogP contribution in [0.2, 0.25) is 10.0 Å². The molecule has 1 atom stereocenters. The van der Waals surface area contributed by atoms with E-state index in [1.54, 1.807) is 30.1 Å². The Morgan fingerprint density at radius 3 is 2.63 bits per heavy atom. The average molecular weight is 302 g/mol. The predicted molar refractivity (Wildman–Crippen MR) is 79.1 cm³/mol. The molecule has 0 aromatic heterocycles. The number of benzene rings is 1. The van der Waals surface area contributed by atoms with E-state index in [1.807, 2.05) is 0 Å². The van der Waals surface area contributed by atoms with Crippen molar-refractivity contribution in [3.05, 3.63) is 28.2 Å². The molecule has 0 saturated carbocycles. The zero-order valence-electron chi connectivity index (χ0n) is 10.7. The fraction of sp³-hybridized carbons (Fsp3) is 0.462. The zero-order chi connectivity index (χ0) is 13.8. The van der Waals surface area contributed by atoms with Crippen LogP contribution in [0.3, 0.4) is 0 Å². The fourth-order valence-electron chi connectivity index (χ4n) is 2.17. The van der Waals surface area contributed by atoms with Gasteiger partial charge in [0.1, 0.15) is 0 Å². The number of halogens is 2. The van der Waals surface area contributed by atoms with Crippen LogP contribution in [0.25, 0.3) is 0 Å². The van der Waals surface area contributed by atoms with Gasteiger partial charge in [-0.1, -0.05) is 23.2 Å². The SMILES string of the molecule is CN(C(=O)Nc1cc(Cl)cc(Cl)c1)C1CCCNC1. The zero-order valence-corrected chi connectivity index (χ0v) is 12.3. The van der Waals surface area contributed by atoms with Gasteiger partial charge in [-0.15, -0.1) is 0 Å². The first-order valence-corrected chi connectivity index (χ1v) is 7.02. The van der Waals surface area contributed by atoms with Gasteiger partial charge in [-0.05, 0) is 37.6 Å². The Morgan fingerprint density at radius 1 is 1.37 bits per heavy atom. The molecule has 1 aromatic carbocycles.